The van der Waals surface area contributed by atoms with Crippen LogP contribution in [0.15, 0.2) is 30.7 Å². The lowest BCUT2D eigenvalue weighted by atomic mass is 9.86. The van der Waals surface area contributed by atoms with Gasteiger partial charge in [0.15, 0.2) is 0 Å². The molecule has 1 amide bonds. The Morgan fingerprint density at radius 2 is 2.04 bits per heavy atom. The first-order chi connectivity index (χ1) is 12.3. The Bertz CT molecular complexity index is 743. The molecule has 0 bridgehead atoms. The molecule has 3 heterocycles. The van der Waals surface area contributed by atoms with E-state index in [0.29, 0.717) is 6.54 Å². The molecule has 1 N–H and O–H groups in total. The number of carbonyl (C=O) groups is 1. The van der Waals surface area contributed by atoms with E-state index < -0.39 is 0 Å². The molecule has 0 unspecified atom stereocenters. The predicted octanol–water partition coefficient (Wildman–Crippen LogP) is 1.89. The van der Waals surface area contributed by atoms with E-state index in [1.807, 2.05) is 18.3 Å². The molecule has 6 nitrogen and oxygen atoms in total. The van der Waals surface area contributed by atoms with Crippen molar-refractivity contribution in [3.63, 3.8) is 0 Å². The van der Waals surface area contributed by atoms with E-state index in [2.05, 4.69) is 20.2 Å². The van der Waals surface area contributed by atoms with E-state index in [1.54, 1.807) is 12.4 Å². The van der Waals surface area contributed by atoms with Crippen molar-refractivity contribution in [3.8, 4) is 0 Å². The third kappa shape index (κ3) is 3.62. The minimum absolute atomic E-state index is 0.00979. The largest absolute Gasteiger partial charge is 0.352 e. The van der Waals surface area contributed by atoms with Crippen LogP contribution in [0.25, 0.3) is 0 Å². The Morgan fingerprint density at radius 1 is 1.24 bits per heavy atom. The summed E-state index contributed by atoms with van der Waals surface area (Å²) in [6.07, 6.45) is 10.3. The fraction of sp³-hybridized carbons (Fsp3) is 0.474. The standard InChI is InChI=1S/C19H23N5O/c25-18(21-12-14-5-7-20-8-6-14)15-3-4-17-16(11-15)13-22-19(23-17)24-9-1-2-10-24/h5-8,13,15H,1-4,9-12H2,(H,21,25)/t15-/m1/s1. The van der Waals surface area contributed by atoms with E-state index in [9.17, 15) is 4.79 Å². The van der Waals surface area contributed by atoms with Gasteiger partial charge >= 0.3 is 0 Å². The number of hydrogen-bond donors (Lipinski definition) is 1. The van der Waals surface area contributed by atoms with Gasteiger partial charge in [-0.05, 0) is 55.4 Å². The first kappa shape index (κ1) is 16.0. The Kier molecular flexibility index (Phi) is 4.59. The highest BCUT2D eigenvalue weighted by Gasteiger charge is 2.26. The van der Waals surface area contributed by atoms with Crippen LogP contribution in [0, 0.1) is 5.92 Å². The Labute approximate surface area is 147 Å². The maximum Gasteiger partial charge on any atom is 0.225 e. The monoisotopic (exact) mass is 337 g/mol. The van der Waals surface area contributed by atoms with Crippen molar-refractivity contribution >= 4 is 11.9 Å². The average molecular weight is 337 g/mol. The zero-order chi connectivity index (χ0) is 17.1. The maximum atomic E-state index is 12.5. The van der Waals surface area contributed by atoms with Gasteiger partial charge < -0.3 is 10.2 Å². The van der Waals surface area contributed by atoms with Crippen LogP contribution in [0.2, 0.25) is 0 Å². The SMILES string of the molecule is O=C(NCc1ccncc1)[C@@H]1CCc2nc(N3CCCC3)ncc2C1. The normalized spacial score (nSPS) is 19.5. The van der Waals surface area contributed by atoms with Crippen LogP contribution in [0.5, 0.6) is 0 Å². The summed E-state index contributed by atoms with van der Waals surface area (Å²) in [5.41, 5.74) is 3.31. The first-order valence-corrected chi connectivity index (χ1v) is 9.06. The van der Waals surface area contributed by atoms with Gasteiger partial charge in [0.2, 0.25) is 11.9 Å². The zero-order valence-corrected chi connectivity index (χ0v) is 14.3. The fourth-order valence-electron chi connectivity index (χ4n) is 3.62. The molecular formula is C19H23N5O. The van der Waals surface area contributed by atoms with Crippen LogP contribution < -0.4 is 10.2 Å². The van der Waals surface area contributed by atoms with Gasteiger partial charge in [-0.25, -0.2) is 9.97 Å². The second-order valence-electron chi connectivity index (χ2n) is 6.85. The highest BCUT2D eigenvalue weighted by molar-refractivity contribution is 5.79. The Hall–Kier alpha value is -2.50. The highest BCUT2D eigenvalue weighted by Crippen LogP contribution is 2.26. The molecule has 0 saturated carbocycles. The van der Waals surface area contributed by atoms with E-state index in [4.69, 9.17) is 4.98 Å². The van der Waals surface area contributed by atoms with Gasteiger partial charge in [-0.3, -0.25) is 9.78 Å². The second kappa shape index (κ2) is 7.17. The van der Waals surface area contributed by atoms with Crippen LogP contribution in [-0.2, 0) is 24.2 Å². The summed E-state index contributed by atoms with van der Waals surface area (Å²) in [5.74, 6) is 0.985. The number of fused-ring (bicyclic) bond motifs is 1. The molecule has 0 aromatic carbocycles. The topological polar surface area (TPSA) is 71.0 Å². The quantitative estimate of drug-likeness (QED) is 0.922. The van der Waals surface area contributed by atoms with Crippen LogP contribution in [0.3, 0.4) is 0 Å². The lowest BCUT2D eigenvalue weighted by Gasteiger charge is -2.24. The summed E-state index contributed by atoms with van der Waals surface area (Å²) in [5, 5.41) is 3.04. The van der Waals surface area contributed by atoms with Crippen LogP contribution in [0.1, 0.15) is 36.1 Å². The molecule has 2 aliphatic rings. The number of rotatable bonds is 4. The number of amides is 1. The maximum absolute atomic E-state index is 12.5. The number of carbonyl (C=O) groups excluding carboxylic acids is 1. The molecular weight excluding hydrogens is 314 g/mol. The highest BCUT2D eigenvalue weighted by atomic mass is 16.1. The van der Waals surface area contributed by atoms with Gasteiger partial charge in [0.05, 0.1) is 0 Å². The molecule has 1 fully saturated rings. The summed E-state index contributed by atoms with van der Waals surface area (Å²) in [7, 11) is 0. The van der Waals surface area contributed by atoms with Gasteiger partial charge in [-0.15, -0.1) is 0 Å². The summed E-state index contributed by atoms with van der Waals surface area (Å²) in [4.78, 5) is 28.0. The molecule has 0 radical (unpaired) electrons. The van der Waals surface area contributed by atoms with Gasteiger partial charge in [0.1, 0.15) is 0 Å². The molecule has 2 aromatic heterocycles. The van der Waals surface area contributed by atoms with Gasteiger partial charge in [0, 0.05) is 49.8 Å². The lowest BCUT2D eigenvalue weighted by molar-refractivity contribution is -0.125. The number of pyridine rings is 1. The Morgan fingerprint density at radius 3 is 2.84 bits per heavy atom. The smallest absolute Gasteiger partial charge is 0.225 e. The lowest BCUT2D eigenvalue weighted by Crippen LogP contribution is -2.34. The summed E-state index contributed by atoms with van der Waals surface area (Å²) < 4.78 is 0. The molecule has 1 aliphatic carbocycles. The Balaban J connectivity index is 1.38. The van der Waals surface area contributed by atoms with Crippen molar-refractivity contribution < 1.29 is 4.79 Å². The van der Waals surface area contributed by atoms with Crippen LogP contribution >= 0.6 is 0 Å². The first-order valence-electron chi connectivity index (χ1n) is 9.06. The molecule has 4 rings (SSSR count). The van der Waals surface area contributed by atoms with Crippen molar-refractivity contribution in [2.75, 3.05) is 18.0 Å². The summed E-state index contributed by atoms with van der Waals surface area (Å²) >= 11 is 0. The van der Waals surface area contributed by atoms with Gasteiger partial charge in [-0.2, -0.15) is 0 Å². The van der Waals surface area contributed by atoms with Crippen LogP contribution in [0.4, 0.5) is 5.95 Å². The second-order valence-corrected chi connectivity index (χ2v) is 6.85. The number of nitrogens with one attached hydrogen (secondary N) is 1. The van der Waals surface area contributed by atoms with E-state index in [-0.39, 0.29) is 11.8 Å². The number of anilines is 1. The number of aromatic nitrogens is 3. The third-order valence-electron chi connectivity index (χ3n) is 5.11. The molecule has 6 heteroatoms. The minimum atomic E-state index is 0.00979. The number of nitrogens with zero attached hydrogens (tertiary/aromatic N) is 4. The third-order valence-corrected chi connectivity index (χ3v) is 5.11. The van der Waals surface area contributed by atoms with Gasteiger partial charge in [0.25, 0.3) is 0 Å². The molecule has 2 aromatic rings. The molecule has 130 valence electrons. The fourth-order valence-corrected chi connectivity index (χ4v) is 3.62. The summed E-state index contributed by atoms with van der Waals surface area (Å²) in [6.45, 7) is 2.66. The van der Waals surface area contributed by atoms with Gasteiger partial charge in [-0.1, -0.05) is 0 Å². The molecule has 1 saturated heterocycles. The van der Waals surface area contributed by atoms with E-state index in [1.165, 1.54) is 12.8 Å². The van der Waals surface area contributed by atoms with Crippen molar-refractivity contribution in [1.29, 1.82) is 0 Å². The zero-order valence-electron chi connectivity index (χ0n) is 14.3. The number of aryl methyl sites for hydroxylation is 1. The van der Waals surface area contributed by atoms with Crippen LogP contribution in [-0.4, -0.2) is 33.9 Å². The number of hydrogen-bond acceptors (Lipinski definition) is 5. The van der Waals surface area contributed by atoms with Crippen molar-refractivity contribution in [1.82, 2.24) is 20.3 Å². The molecule has 1 aliphatic heterocycles. The minimum Gasteiger partial charge on any atom is -0.352 e. The van der Waals surface area contributed by atoms with Crippen molar-refractivity contribution in [3.05, 3.63) is 47.5 Å². The average Bonchev–Trinajstić information content (AvgIpc) is 3.21. The van der Waals surface area contributed by atoms with E-state index >= 15 is 0 Å². The van der Waals surface area contributed by atoms with Crippen molar-refractivity contribution in [2.45, 2.75) is 38.6 Å². The molecule has 0 spiro atoms. The summed E-state index contributed by atoms with van der Waals surface area (Å²) in [6, 6.07) is 3.84. The molecule has 25 heavy (non-hydrogen) atoms. The predicted molar refractivity (Wildman–Crippen MR) is 95.1 cm³/mol. The van der Waals surface area contributed by atoms with E-state index in [0.717, 1.165) is 55.1 Å². The molecule has 1 atom stereocenters. The van der Waals surface area contributed by atoms with Crippen molar-refractivity contribution in [2.24, 2.45) is 5.92 Å².